The molecular weight excluding hydrogens is 437 g/mol. The highest BCUT2D eigenvalue weighted by molar-refractivity contribution is 6.43. The Morgan fingerprint density at radius 1 is 1.10 bits per heavy atom. The summed E-state index contributed by atoms with van der Waals surface area (Å²) in [7, 11) is 3.12. The van der Waals surface area contributed by atoms with Crippen LogP contribution in [0.5, 0.6) is 11.5 Å². The first kappa shape index (κ1) is 22.7. The number of carbonyl (C=O) groups is 1. The van der Waals surface area contributed by atoms with Crippen LogP contribution in [0.2, 0.25) is 10.0 Å². The van der Waals surface area contributed by atoms with Crippen molar-refractivity contribution in [2.24, 2.45) is 5.10 Å². The third kappa shape index (κ3) is 5.03. The Balaban J connectivity index is 1.72. The number of hydrazone groups is 1. The molecule has 1 amide bonds. The second-order valence-corrected chi connectivity index (χ2v) is 7.68. The standard InChI is InChI=1S/C23H23Cl2N3O3/c1-14-10-17(15(2)28(14)19-7-5-6-18(24)23(19)25)13-26-27-22(29)12-16-8-9-20(30-3)21(11-16)31-4/h5-11,13H,12H2,1-4H3,(H,27,29)/b26-13-. The molecule has 0 spiro atoms. The van der Waals surface area contributed by atoms with Gasteiger partial charge < -0.3 is 14.0 Å². The van der Waals surface area contributed by atoms with Crippen molar-refractivity contribution in [2.45, 2.75) is 20.3 Å². The van der Waals surface area contributed by atoms with Crippen molar-refractivity contribution in [3.8, 4) is 17.2 Å². The number of hydrogen-bond acceptors (Lipinski definition) is 4. The summed E-state index contributed by atoms with van der Waals surface area (Å²) in [5, 5.41) is 5.08. The number of amides is 1. The highest BCUT2D eigenvalue weighted by atomic mass is 35.5. The molecule has 0 unspecified atom stereocenters. The number of hydrogen-bond donors (Lipinski definition) is 1. The van der Waals surface area contributed by atoms with Crippen LogP contribution in [-0.2, 0) is 11.2 Å². The minimum Gasteiger partial charge on any atom is -0.493 e. The minimum atomic E-state index is -0.241. The van der Waals surface area contributed by atoms with Crippen molar-refractivity contribution >= 4 is 35.3 Å². The van der Waals surface area contributed by atoms with Crippen LogP contribution in [-0.4, -0.2) is 30.9 Å². The summed E-state index contributed by atoms with van der Waals surface area (Å²) in [5.41, 5.74) is 6.91. The minimum absolute atomic E-state index is 0.162. The average Bonchev–Trinajstić information content (AvgIpc) is 3.03. The highest BCUT2D eigenvalue weighted by Gasteiger charge is 2.14. The first-order valence-corrected chi connectivity index (χ1v) is 10.3. The van der Waals surface area contributed by atoms with E-state index in [1.54, 1.807) is 38.6 Å². The van der Waals surface area contributed by atoms with Gasteiger partial charge in [0.1, 0.15) is 0 Å². The Hall–Kier alpha value is -2.96. The predicted octanol–water partition coefficient (Wildman–Crippen LogP) is 5.11. The second kappa shape index (κ2) is 9.90. The molecule has 0 fully saturated rings. The summed E-state index contributed by atoms with van der Waals surface area (Å²) in [4.78, 5) is 12.3. The molecule has 0 radical (unpaired) electrons. The molecule has 0 bridgehead atoms. The Labute approximate surface area is 191 Å². The Bertz CT molecular complexity index is 1140. The van der Waals surface area contributed by atoms with E-state index >= 15 is 0 Å². The van der Waals surface area contributed by atoms with Crippen LogP contribution in [0.1, 0.15) is 22.5 Å². The quantitative estimate of drug-likeness (QED) is 0.394. The number of nitrogens with zero attached hydrogens (tertiary/aromatic N) is 2. The number of rotatable bonds is 7. The van der Waals surface area contributed by atoms with Gasteiger partial charge in [0.2, 0.25) is 5.91 Å². The largest absolute Gasteiger partial charge is 0.493 e. The molecule has 31 heavy (non-hydrogen) atoms. The molecule has 1 heterocycles. The van der Waals surface area contributed by atoms with Crippen molar-refractivity contribution in [2.75, 3.05) is 14.2 Å². The summed E-state index contributed by atoms with van der Waals surface area (Å²) in [6, 6.07) is 12.8. The van der Waals surface area contributed by atoms with Crippen LogP contribution in [0, 0.1) is 13.8 Å². The molecule has 0 saturated heterocycles. The van der Waals surface area contributed by atoms with E-state index in [-0.39, 0.29) is 12.3 Å². The van der Waals surface area contributed by atoms with E-state index < -0.39 is 0 Å². The molecule has 162 valence electrons. The molecule has 0 aliphatic rings. The molecule has 1 N–H and O–H groups in total. The van der Waals surface area contributed by atoms with E-state index in [2.05, 4.69) is 10.5 Å². The highest BCUT2D eigenvalue weighted by Crippen LogP contribution is 2.31. The SMILES string of the molecule is COc1ccc(CC(=O)N/N=C\c2cc(C)n(-c3cccc(Cl)c3Cl)c2C)cc1OC. The number of aromatic nitrogens is 1. The summed E-state index contributed by atoms with van der Waals surface area (Å²) >= 11 is 12.5. The van der Waals surface area contributed by atoms with Gasteiger partial charge in [0.25, 0.3) is 0 Å². The number of methoxy groups -OCH3 is 2. The van der Waals surface area contributed by atoms with Gasteiger partial charge in [0.15, 0.2) is 11.5 Å². The number of halogens is 2. The number of aryl methyl sites for hydroxylation is 1. The van der Waals surface area contributed by atoms with Crippen LogP contribution in [0.15, 0.2) is 47.6 Å². The molecule has 3 aromatic rings. The zero-order valence-corrected chi connectivity index (χ0v) is 19.2. The van der Waals surface area contributed by atoms with Gasteiger partial charge in [-0.15, -0.1) is 0 Å². The molecule has 6 nitrogen and oxygen atoms in total. The predicted molar refractivity (Wildman–Crippen MR) is 124 cm³/mol. The Morgan fingerprint density at radius 2 is 1.84 bits per heavy atom. The van der Waals surface area contributed by atoms with Crippen molar-refractivity contribution in [1.82, 2.24) is 9.99 Å². The number of benzene rings is 2. The van der Waals surface area contributed by atoms with Gasteiger partial charge in [-0.05, 0) is 49.7 Å². The van der Waals surface area contributed by atoms with E-state index in [4.69, 9.17) is 32.7 Å². The smallest absolute Gasteiger partial charge is 0.244 e. The van der Waals surface area contributed by atoms with Crippen LogP contribution in [0.4, 0.5) is 0 Å². The third-order valence-electron chi connectivity index (χ3n) is 4.85. The monoisotopic (exact) mass is 459 g/mol. The van der Waals surface area contributed by atoms with E-state index in [1.807, 2.05) is 42.7 Å². The van der Waals surface area contributed by atoms with Crippen molar-refractivity contribution in [3.05, 3.63) is 75.0 Å². The van der Waals surface area contributed by atoms with Gasteiger partial charge in [0.05, 0.1) is 42.6 Å². The maximum absolute atomic E-state index is 12.3. The fraction of sp³-hybridized carbons (Fsp3) is 0.217. The molecule has 0 aliphatic heterocycles. The Morgan fingerprint density at radius 3 is 2.55 bits per heavy atom. The first-order valence-electron chi connectivity index (χ1n) is 9.51. The lowest BCUT2D eigenvalue weighted by atomic mass is 10.1. The third-order valence-corrected chi connectivity index (χ3v) is 5.66. The maximum atomic E-state index is 12.3. The lowest BCUT2D eigenvalue weighted by Crippen LogP contribution is -2.19. The first-order chi connectivity index (χ1) is 14.8. The van der Waals surface area contributed by atoms with Gasteiger partial charge in [-0.25, -0.2) is 5.43 Å². The fourth-order valence-corrected chi connectivity index (χ4v) is 3.72. The van der Waals surface area contributed by atoms with Crippen LogP contribution < -0.4 is 14.9 Å². The van der Waals surface area contributed by atoms with Crippen molar-refractivity contribution in [3.63, 3.8) is 0 Å². The van der Waals surface area contributed by atoms with Gasteiger partial charge in [-0.3, -0.25) is 4.79 Å². The number of ether oxygens (including phenoxy) is 2. The van der Waals surface area contributed by atoms with Gasteiger partial charge in [0, 0.05) is 17.0 Å². The number of nitrogens with one attached hydrogen (secondary N) is 1. The van der Waals surface area contributed by atoms with E-state index in [1.165, 1.54) is 0 Å². The molecule has 8 heteroatoms. The normalized spacial score (nSPS) is 11.0. The molecule has 0 atom stereocenters. The molecular formula is C23H23Cl2N3O3. The fourth-order valence-electron chi connectivity index (χ4n) is 3.34. The molecule has 0 saturated carbocycles. The molecule has 3 rings (SSSR count). The lowest BCUT2D eigenvalue weighted by Gasteiger charge is -2.12. The van der Waals surface area contributed by atoms with E-state index in [0.717, 1.165) is 28.2 Å². The zero-order chi connectivity index (χ0) is 22.5. The van der Waals surface area contributed by atoms with Crippen LogP contribution in [0.25, 0.3) is 5.69 Å². The molecule has 1 aromatic heterocycles. The maximum Gasteiger partial charge on any atom is 0.244 e. The van der Waals surface area contributed by atoms with Gasteiger partial charge >= 0.3 is 0 Å². The van der Waals surface area contributed by atoms with Crippen molar-refractivity contribution in [1.29, 1.82) is 0 Å². The summed E-state index contributed by atoms with van der Waals surface area (Å²) < 4.78 is 12.5. The van der Waals surface area contributed by atoms with E-state index in [0.29, 0.717) is 21.5 Å². The van der Waals surface area contributed by atoms with E-state index in [9.17, 15) is 4.79 Å². The lowest BCUT2D eigenvalue weighted by molar-refractivity contribution is -0.120. The van der Waals surface area contributed by atoms with Gasteiger partial charge in [-0.1, -0.05) is 35.3 Å². The Kier molecular flexibility index (Phi) is 7.25. The molecule has 0 aliphatic carbocycles. The zero-order valence-electron chi connectivity index (χ0n) is 17.7. The summed E-state index contributed by atoms with van der Waals surface area (Å²) in [6.07, 6.45) is 1.78. The summed E-state index contributed by atoms with van der Waals surface area (Å²) in [6.45, 7) is 3.92. The average molecular weight is 460 g/mol. The van der Waals surface area contributed by atoms with Crippen molar-refractivity contribution < 1.29 is 14.3 Å². The topological polar surface area (TPSA) is 64.8 Å². The molecule has 2 aromatic carbocycles. The second-order valence-electron chi connectivity index (χ2n) is 6.89. The van der Waals surface area contributed by atoms with Crippen LogP contribution >= 0.6 is 23.2 Å². The van der Waals surface area contributed by atoms with Crippen LogP contribution in [0.3, 0.4) is 0 Å². The summed E-state index contributed by atoms with van der Waals surface area (Å²) in [5.74, 6) is 0.943. The van der Waals surface area contributed by atoms with Gasteiger partial charge in [-0.2, -0.15) is 5.10 Å². The number of carbonyl (C=O) groups excluding carboxylic acids is 1.